The number of carbonyl (C=O) groups is 1. The number of rotatable bonds is 3. The summed E-state index contributed by atoms with van der Waals surface area (Å²) in [7, 11) is -3.19. The lowest BCUT2D eigenvalue weighted by molar-refractivity contribution is 0.0695. The maximum Gasteiger partial charge on any atom is 0.257 e. The highest BCUT2D eigenvalue weighted by molar-refractivity contribution is 7.91. The van der Waals surface area contributed by atoms with E-state index in [1.54, 1.807) is 41.9 Å². The van der Waals surface area contributed by atoms with Gasteiger partial charge in [0.15, 0.2) is 9.84 Å². The van der Waals surface area contributed by atoms with Crippen molar-refractivity contribution in [3.63, 3.8) is 0 Å². The molecule has 0 aliphatic carbocycles. The van der Waals surface area contributed by atoms with Gasteiger partial charge in [0, 0.05) is 24.8 Å². The third kappa shape index (κ3) is 3.10. The largest absolute Gasteiger partial charge is 0.466 e. The molecular formula is C16H21N3O4S. The van der Waals surface area contributed by atoms with Gasteiger partial charge in [0.05, 0.1) is 29.3 Å². The fraction of sp³-hybridized carbons (Fsp3) is 0.500. The topological polar surface area (TPSA) is 85.4 Å². The molecule has 0 unspecified atom stereocenters. The molecule has 7 nitrogen and oxygen atoms in total. The van der Waals surface area contributed by atoms with Crippen molar-refractivity contribution in [1.29, 1.82) is 0 Å². The first-order chi connectivity index (χ1) is 11.3. The van der Waals surface area contributed by atoms with Crippen LogP contribution in [0.3, 0.4) is 0 Å². The van der Waals surface area contributed by atoms with Crippen LogP contribution in [0.1, 0.15) is 40.4 Å². The van der Waals surface area contributed by atoms with Crippen LogP contribution in [0.25, 0.3) is 0 Å². The number of nitrogens with zero attached hydrogens (tertiary/aromatic N) is 3. The van der Waals surface area contributed by atoms with Gasteiger partial charge in [0.1, 0.15) is 11.5 Å². The van der Waals surface area contributed by atoms with Crippen LogP contribution in [0.15, 0.2) is 22.9 Å². The van der Waals surface area contributed by atoms with Gasteiger partial charge >= 0.3 is 0 Å². The minimum atomic E-state index is -3.19. The fourth-order valence-electron chi connectivity index (χ4n) is 3.05. The van der Waals surface area contributed by atoms with Crippen LogP contribution < -0.4 is 0 Å². The Balaban J connectivity index is 1.97. The SMILES string of the molecule is CCn1cc([C@H]2CS(=O)(=O)CCN2C(=O)c2cc(C)oc2C)cn1. The van der Waals surface area contributed by atoms with E-state index in [0.717, 1.165) is 5.56 Å². The quantitative estimate of drug-likeness (QED) is 0.840. The van der Waals surface area contributed by atoms with E-state index < -0.39 is 15.9 Å². The first-order valence-corrected chi connectivity index (χ1v) is 9.73. The van der Waals surface area contributed by atoms with E-state index in [4.69, 9.17) is 4.42 Å². The Hall–Kier alpha value is -2.09. The van der Waals surface area contributed by atoms with Gasteiger partial charge in [-0.2, -0.15) is 5.10 Å². The molecule has 1 aliphatic rings. The molecule has 3 rings (SSSR count). The molecular weight excluding hydrogens is 330 g/mol. The molecule has 0 bridgehead atoms. The number of sulfone groups is 1. The number of aryl methyl sites for hydroxylation is 3. The maximum absolute atomic E-state index is 12.9. The first-order valence-electron chi connectivity index (χ1n) is 7.91. The lowest BCUT2D eigenvalue weighted by atomic mass is 10.1. The van der Waals surface area contributed by atoms with Gasteiger partial charge in [-0.1, -0.05) is 0 Å². The van der Waals surface area contributed by atoms with Crippen molar-refractivity contribution in [2.75, 3.05) is 18.1 Å². The van der Waals surface area contributed by atoms with E-state index in [1.807, 2.05) is 6.92 Å². The Morgan fingerprint density at radius 3 is 2.75 bits per heavy atom. The third-order valence-electron chi connectivity index (χ3n) is 4.33. The van der Waals surface area contributed by atoms with Gasteiger partial charge in [-0.05, 0) is 26.8 Å². The average molecular weight is 351 g/mol. The minimum Gasteiger partial charge on any atom is -0.466 e. The van der Waals surface area contributed by atoms with Crippen molar-refractivity contribution in [2.45, 2.75) is 33.4 Å². The summed E-state index contributed by atoms with van der Waals surface area (Å²) in [6.45, 7) is 6.34. The summed E-state index contributed by atoms with van der Waals surface area (Å²) in [6.07, 6.45) is 3.45. The van der Waals surface area contributed by atoms with E-state index in [2.05, 4.69) is 5.10 Å². The van der Waals surface area contributed by atoms with E-state index in [-0.39, 0.29) is 24.0 Å². The Labute approximate surface area is 141 Å². The molecule has 1 atom stereocenters. The van der Waals surface area contributed by atoms with Crippen molar-refractivity contribution in [3.8, 4) is 0 Å². The molecule has 2 aromatic heterocycles. The maximum atomic E-state index is 12.9. The van der Waals surface area contributed by atoms with Crippen molar-refractivity contribution < 1.29 is 17.6 Å². The standard InChI is InChI=1S/C16H21N3O4S/c1-4-18-9-13(8-17-18)15-10-24(21,22)6-5-19(15)16(20)14-7-11(2)23-12(14)3/h7-9,15H,4-6,10H2,1-3H3/t15-/m1/s1. The molecule has 0 N–H and O–H groups in total. The van der Waals surface area contributed by atoms with E-state index in [9.17, 15) is 13.2 Å². The lowest BCUT2D eigenvalue weighted by Crippen LogP contribution is -2.46. The minimum absolute atomic E-state index is 0.0208. The molecule has 0 aromatic carbocycles. The zero-order chi connectivity index (χ0) is 17.5. The van der Waals surface area contributed by atoms with Crippen LogP contribution in [-0.2, 0) is 16.4 Å². The van der Waals surface area contributed by atoms with Gasteiger partial charge in [-0.15, -0.1) is 0 Å². The highest BCUT2D eigenvalue weighted by Crippen LogP contribution is 2.29. The fourth-order valence-corrected chi connectivity index (χ4v) is 4.54. The Bertz CT molecular complexity index is 866. The zero-order valence-corrected chi connectivity index (χ0v) is 14.8. The molecule has 8 heteroatoms. The number of amides is 1. The molecule has 1 fully saturated rings. The van der Waals surface area contributed by atoms with Crippen LogP contribution in [-0.4, -0.2) is 47.1 Å². The molecule has 1 saturated heterocycles. The monoisotopic (exact) mass is 351 g/mol. The molecule has 24 heavy (non-hydrogen) atoms. The highest BCUT2D eigenvalue weighted by atomic mass is 32.2. The first kappa shape index (κ1) is 16.8. The summed E-state index contributed by atoms with van der Waals surface area (Å²) in [5, 5.41) is 4.21. The third-order valence-corrected chi connectivity index (χ3v) is 5.95. The molecule has 130 valence electrons. The predicted octanol–water partition coefficient (Wildman–Crippen LogP) is 1.72. The van der Waals surface area contributed by atoms with E-state index in [0.29, 0.717) is 23.6 Å². The van der Waals surface area contributed by atoms with Crippen molar-refractivity contribution in [3.05, 3.63) is 41.1 Å². The van der Waals surface area contributed by atoms with Crippen LogP contribution >= 0.6 is 0 Å². The summed E-state index contributed by atoms with van der Waals surface area (Å²) in [6, 6.07) is 1.18. The van der Waals surface area contributed by atoms with E-state index in [1.165, 1.54) is 0 Å². The number of hydrogen-bond donors (Lipinski definition) is 0. The molecule has 0 saturated carbocycles. The van der Waals surface area contributed by atoms with Crippen LogP contribution in [0.5, 0.6) is 0 Å². The van der Waals surface area contributed by atoms with Crippen LogP contribution in [0, 0.1) is 13.8 Å². The normalized spacial score (nSPS) is 20.3. The van der Waals surface area contributed by atoms with E-state index >= 15 is 0 Å². The van der Waals surface area contributed by atoms with Crippen molar-refractivity contribution in [1.82, 2.24) is 14.7 Å². The molecule has 1 aliphatic heterocycles. The van der Waals surface area contributed by atoms with Gasteiger partial charge in [-0.3, -0.25) is 9.48 Å². The highest BCUT2D eigenvalue weighted by Gasteiger charge is 2.37. The van der Waals surface area contributed by atoms with Gasteiger partial charge in [-0.25, -0.2) is 8.42 Å². The van der Waals surface area contributed by atoms with Crippen LogP contribution in [0.2, 0.25) is 0 Å². The van der Waals surface area contributed by atoms with Crippen molar-refractivity contribution >= 4 is 15.7 Å². The van der Waals surface area contributed by atoms with Crippen LogP contribution in [0.4, 0.5) is 0 Å². The smallest absolute Gasteiger partial charge is 0.257 e. The summed E-state index contributed by atoms with van der Waals surface area (Å²) in [4.78, 5) is 14.6. The molecule has 2 aromatic rings. The molecule has 0 radical (unpaired) electrons. The van der Waals surface area contributed by atoms with Crippen molar-refractivity contribution in [2.24, 2.45) is 0 Å². The summed E-state index contributed by atoms with van der Waals surface area (Å²) < 4.78 is 31.4. The number of carbonyl (C=O) groups excluding carboxylic acids is 1. The van der Waals surface area contributed by atoms with Gasteiger partial charge < -0.3 is 9.32 Å². The average Bonchev–Trinajstić information content (AvgIpc) is 3.12. The zero-order valence-electron chi connectivity index (χ0n) is 14.0. The van der Waals surface area contributed by atoms with Gasteiger partial charge in [0.25, 0.3) is 5.91 Å². The number of aromatic nitrogens is 2. The number of hydrogen-bond acceptors (Lipinski definition) is 5. The number of furan rings is 1. The Morgan fingerprint density at radius 2 is 2.17 bits per heavy atom. The molecule has 1 amide bonds. The Morgan fingerprint density at radius 1 is 1.42 bits per heavy atom. The summed E-state index contributed by atoms with van der Waals surface area (Å²) >= 11 is 0. The molecule has 0 spiro atoms. The lowest BCUT2D eigenvalue weighted by Gasteiger charge is -2.35. The predicted molar refractivity (Wildman–Crippen MR) is 88.5 cm³/mol. The Kier molecular flexibility index (Phi) is 4.25. The van der Waals surface area contributed by atoms with Gasteiger partial charge in [0.2, 0.25) is 0 Å². The summed E-state index contributed by atoms with van der Waals surface area (Å²) in [5.41, 5.74) is 1.23. The second kappa shape index (κ2) is 6.08. The summed E-state index contributed by atoms with van der Waals surface area (Å²) in [5.74, 6) is 0.912. The second-order valence-corrected chi connectivity index (χ2v) is 8.31. The second-order valence-electron chi connectivity index (χ2n) is 6.08. The molecule has 3 heterocycles.